The van der Waals surface area contributed by atoms with Crippen LogP contribution >= 0.6 is 0 Å². The molecule has 2 aromatic rings. The Morgan fingerprint density at radius 2 is 1.31 bits per heavy atom. The molecule has 0 aliphatic carbocycles. The smallest absolute Gasteiger partial charge is 0.303 e. The first-order chi connectivity index (χ1) is 19.8. The number of fused-ring (bicyclic) bond motifs is 1. The number of carbonyl (C=O) groups excluding carboxylic acids is 5. The van der Waals surface area contributed by atoms with E-state index in [-0.39, 0.29) is 24.7 Å². The van der Waals surface area contributed by atoms with E-state index in [0.717, 1.165) is 16.5 Å². The van der Waals surface area contributed by atoms with Gasteiger partial charge in [-0.25, -0.2) is 0 Å². The van der Waals surface area contributed by atoms with Crippen molar-refractivity contribution in [3.05, 3.63) is 36.0 Å². The van der Waals surface area contributed by atoms with Crippen LogP contribution in [0.2, 0.25) is 0 Å². The fourth-order valence-electron chi connectivity index (χ4n) is 4.77. The molecule has 5 amide bonds. The number of para-hydroxylation sites is 1. The third-order valence-electron chi connectivity index (χ3n) is 7.26. The van der Waals surface area contributed by atoms with Crippen LogP contribution in [-0.2, 0) is 35.2 Å². The lowest BCUT2D eigenvalue weighted by molar-refractivity contribution is -0.138. The number of H-pyrrole nitrogens is 1. The number of benzene rings is 1. The summed E-state index contributed by atoms with van der Waals surface area (Å²) in [7, 11) is 0. The van der Waals surface area contributed by atoms with Crippen molar-refractivity contribution in [2.24, 2.45) is 11.8 Å². The molecule has 5 atom stereocenters. The van der Waals surface area contributed by atoms with Gasteiger partial charge in [0, 0.05) is 29.9 Å². The summed E-state index contributed by atoms with van der Waals surface area (Å²) < 4.78 is 0. The van der Waals surface area contributed by atoms with Gasteiger partial charge in [0.2, 0.25) is 29.5 Å². The predicted octanol–water partition coefficient (Wildman–Crippen LogP) is 0.345. The quantitative estimate of drug-likeness (QED) is 0.243. The maximum Gasteiger partial charge on any atom is 0.303 e. The second kappa shape index (κ2) is 14.0. The number of nitrogens with one attached hydrogen (secondary N) is 6. The average molecular weight is 585 g/mol. The van der Waals surface area contributed by atoms with Crippen LogP contribution in [0.5, 0.6) is 0 Å². The molecular formula is C29H40N6O7. The Kier molecular flexibility index (Phi) is 10.7. The van der Waals surface area contributed by atoms with Crippen LogP contribution in [-0.4, -0.2) is 75.8 Å². The van der Waals surface area contributed by atoms with Crippen molar-refractivity contribution >= 4 is 46.4 Å². The van der Waals surface area contributed by atoms with Gasteiger partial charge in [0.25, 0.3) is 0 Å². The van der Waals surface area contributed by atoms with E-state index in [9.17, 15) is 33.9 Å². The number of amides is 5. The number of aromatic amines is 1. The maximum atomic E-state index is 13.7. The van der Waals surface area contributed by atoms with Gasteiger partial charge in [-0.1, -0.05) is 45.9 Å². The summed E-state index contributed by atoms with van der Waals surface area (Å²) in [4.78, 5) is 81.1. The number of carboxylic acid groups (broad SMARTS) is 1. The summed E-state index contributed by atoms with van der Waals surface area (Å²) in [6.45, 7) is 8.35. The van der Waals surface area contributed by atoms with E-state index in [4.69, 9.17) is 0 Å². The number of hydrogen-bond donors (Lipinski definition) is 7. The summed E-state index contributed by atoms with van der Waals surface area (Å²) in [5.74, 6) is -5.27. The topological polar surface area (TPSA) is 199 Å². The second-order valence-corrected chi connectivity index (χ2v) is 11.3. The third-order valence-corrected chi connectivity index (χ3v) is 7.26. The van der Waals surface area contributed by atoms with Crippen LogP contribution in [0.1, 0.15) is 53.0 Å². The van der Waals surface area contributed by atoms with Gasteiger partial charge in [0.15, 0.2) is 0 Å². The standard InChI is InChI=1S/C29H40N6O7/c1-14(2)23-28(41)33-21(12-17-13-30-19-9-7-6-8-18(17)19)27(40)32-20(10-11-22(36)37)26(39)31-16(5)25(38)34-24(15(3)4)29(42)35-23/h6-9,13-16,20-21,23-24,30H,10-12H2,1-5H3,(H,31,39)(H,32,40)(H,33,41)(H,34,38)(H,35,42)(H,36,37)/t16-,20+,21+,23-,24+/m0/s1. The average Bonchev–Trinajstić information content (AvgIpc) is 3.33. The van der Waals surface area contributed by atoms with Crippen molar-refractivity contribution in [2.45, 2.75) is 84.1 Å². The number of carbonyl (C=O) groups is 6. The number of rotatable bonds is 7. The van der Waals surface area contributed by atoms with Gasteiger partial charge >= 0.3 is 5.97 Å². The van der Waals surface area contributed by atoms with Crippen molar-refractivity contribution in [1.29, 1.82) is 0 Å². The Labute approximate surface area is 243 Å². The third kappa shape index (κ3) is 8.08. The van der Waals surface area contributed by atoms with Crippen LogP contribution in [0.4, 0.5) is 0 Å². The SMILES string of the molecule is CC(C)[C@@H]1NC(=O)[C@@H](C(C)C)NC(=O)[C@H](C)NC(=O)[C@@H](CCC(=O)O)NC(=O)[C@@H](Cc2c[nH]c3ccccc23)NC1=O. The summed E-state index contributed by atoms with van der Waals surface area (Å²) >= 11 is 0. The minimum Gasteiger partial charge on any atom is -0.481 e. The second-order valence-electron chi connectivity index (χ2n) is 11.3. The molecular weight excluding hydrogens is 544 g/mol. The van der Waals surface area contributed by atoms with Crippen LogP contribution in [0.25, 0.3) is 10.9 Å². The highest BCUT2D eigenvalue weighted by Gasteiger charge is 2.35. The van der Waals surface area contributed by atoms with Crippen LogP contribution in [0.15, 0.2) is 30.5 Å². The molecule has 1 aliphatic rings. The molecule has 1 aliphatic heterocycles. The first kappa shape index (κ1) is 32.1. The van der Waals surface area contributed by atoms with Crippen molar-refractivity contribution in [2.75, 3.05) is 0 Å². The lowest BCUT2D eigenvalue weighted by Gasteiger charge is -2.28. The largest absolute Gasteiger partial charge is 0.481 e. The van der Waals surface area contributed by atoms with Gasteiger partial charge in [-0.3, -0.25) is 28.8 Å². The lowest BCUT2D eigenvalue weighted by Crippen LogP contribution is -2.60. The van der Waals surface area contributed by atoms with E-state index in [2.05, 4.69) is 31.6 Å². The first-order valence-electron chi connectivity index (χ1n) is 14.1. The predicted molar refractivity (Wildman–Crippen MR) is 154 cm³/mol. The molecule has 0 bridgehead atoms. The number of hydrogen-bond acceptors (Lipinski definition) is 6. The van der Waals surface area contributed by atoms with E-state index < -0.39 is 72.1 Å². The number of aliphatic carboxylic acids is 1. The molecule has 0 saturated carbocycles. The van der Waals surface area contributed by atoms with E-state index in [0.29, 0.717) is 0 Å². The highest BCUT2D eigenvalue weighted by Crippen LogP contribution is 2.20. The fraction of sp³-hybridized carbons (Fsp3) is 0.517. The molecule has 2 heterocycles. The highest BCUT2D eigenvalue weighted by atomic mass is 16.4. The van der Waals surface area contributed by atoms with E-state index in [1.165, 1.54) is 6.92 Å². The molecule has 13 nitrogen and oxygen atoms in total. The first-order valence-corrected chi connectivity index (χ1v) is 14.1. The zero-order valence-electron chi connectivity index (χ0n) is 24.4. The summed E-state index contributed by atoms with van der Waals surface area (Å²) in [5.41, 5.74) is 1.55. The summed E-state index contributed by atoms with van der Waals surface area (Å²) in [5, 5.41) is 23.2. The Bertz CT molecular complexity index is 1340. The molecule has 1 fully saturated rings. The molecule has 3 rings (SSSR count). The van der Waals surface area contributed by atoms with Gasteiger partial charge in [-0.05, 0) is 36.8 Å². The van der Waals surface area contributed by atoms with Gasteiger partial charge in [-0.2, -0.15) is 0 Å². The Morgan fingerprint density at radius 3 is 1.93 bits per heavy atom. The molecule has 1 saturated heterocycles. The molecule has 0 unspecified atom stereocenters. The van der Waals surface area contributed by atoms with Crippen molar-refractivity contribution in [3.8, 4) is 0 Å². The lowest BCUT2D eigenvalue weighted by atomic mass is 9.98. The molecule has 42 heavy (non-hydrogen) atoms. The molecule has 7 N–H and O–H groups in total. The Balaban J connectivity index is 2.04. The molecule has 0 radical (unpaired) electrons. The zero-order valence-corrected chi connectivity index (χ0v) is 24.4. The van der Waals surface area contributed by atoms with Crippen LogP contribution < -0.4 is 26.6 Å². The number of carboxylic acids is 1. The van der Waals surface area contributed by atoms with Gasteiger partial charge in [-0.15, -0.1) is 0 Å². The molecule has 1 aromatic heterocycles. The summed E-state index contributed by atoms with van der Waals surface area (Å²) in [6, 6.07) is 1.78. The molecule has 1 aromatic carbocycles. The molecule has 228 valence electrons. The van der Waals surface area contributed by atoms with Gasteiger partial charge in [0.05, 0.1) is 0 Å². The van der Waals surface area contributed by atoms with Crippen LogP contribution in [0, 0.1) is 11.8 Å². The van der Waals surface area contributed by atoms with Gasteiger partial charge in [0.1, 0.15) is 30.2 Å². The normalized spacial score (nSPS) is 24.7. The van der Waals surface area contributed by atoms with Crippen molar-refractivity contribution in [1.82, 2.24) is 31.6 Å². The fourth-order valence-corrected chi connectivity index (χ4v) is 4.77. The Morgan fingerprint density at radius 1 is 0.762 bits per heavy atom. The number of aromatic nitrogens is 1. The minimum atomic E-state index is -1.31. The van der Waals surface area contributed by atoms with E-state index in [1.807, 2.05) is 24.3 Å². The minimum absolute atomic E-state index is 0.0404. The molecule has 13 heteroatoms. The van der Waals surface area contributed by atoms with Crippen molar-refractivity contribution < 1.29 is 33.9 Å². The maximum absolute atomic E-state index is 13.7. The van der Waals surface area contributed by atoms with Crippen LogP contribution in [0.3, 0.4) is 0 Å². The van der Waals surface area contributed by atoms with E-state index in [1.54, 1.807) is 33.9 Å². The zero-order chi connectivity index (χ0) is 31.1. The summed E-state index contributed by atoms with van der Waals surface area (Å²) in [6.07, 6.45) is 1.08. The Hall–Kier alpha value is -4.42. The monoisotopic (exact) mass is 584 g/mol. The molecule has 0 spiro atoms. The highest BCUT2D eigenvalue weighted by molar-refractivity contribution is 5.98. The van der Waals surface area contributed by atoms with Gasteiger partial charge < -0.3 is 36.7 Å². The van der Waals surface area contributed by atoms with E-state index >= 15 is 0 Å². The van der Waals surface area contributed by atoms with Crippen molar-refractivity contribution in [3.63, 3.8) is 0 Å².